The van der Waals surface area contributed by atoms with E-state index in [-0.39, 0.29) is 27.8 Å². The van der Waals surface area contributed by atoms with E-state index < -0.39 is 17.9 Å². The fourth-order valence-electron chi connectivity index (χ4n) is 2.90. The molecule has 0 spiro atoms. The number of carboxylic acids is 1. The topological polar surface area (TPSA) is 75.6 Å². The summed E-state index contributed by atoms with van der Waals surface area (Å²) >= 11 is 14.0. The molecule has 0 saturated heterocycles. The number of carbonyl (C=O) groups excluding carboxylic acids is 1. The number of hydrogen-bond donors (Lipinski definition) is 2. The van der Waals surface area contributed by atoms with Crippen molar-refractivity contribution in [2.45, 2.75) is 19.8 Å². The van der Waals surface area contributed by atoms with Crippen LogP contribution in [0.25, 0.3) is 0 Å². The second-order valence-electron chi connectivity index (χ2n) is 5.71. The van der Waals surface area contributed by atoms with Gasteiger partial charge in [0.15, 0.2) is 0 Å². The summed E-state index contributed by atoms with van der Waals surface area (Å²) < 4.78 is 5.33. The van der Waals surface area contributed by atoms with Gasteiger partial charge < -0.3 is 15.2 Å². The van der Waals surface area contributed by atoms with E-state index in [9.17, 15) is 14.7 Å². The van der Waals surface area contributed by atoms with Gasteiger partial charge in [-0.25, -0.2) is 9.59 Å². The molecule has 0 amide bonds. The van der Waals surface area contributed by atoms with Crippen LogP contribution in [0.3, 0.4) is 0 Å². The van der Waals surface area contributed by atoms with Crippen molar-refractivity contribution >= 4 is 46.9 Å². The number of rotatable bonds is 6. The van der Waals surface area contributed by atoms with Crippen LogP contribution in [0.4, 0.5) is 0 Å². The first-order chi connectivity index (χ1) is 12.3. The van der Waals surface area contributed by atoms with Crippen LogP contribution in [-0.2, 0) is 14.3 Å². The third-order valence-electron chi connectivity index (χ3n) is 4.02. The van der Waals surface area contributed by atoms with E-state index in [4.69, 9.17) is 27.9 Å². The molecule has 1 atom stereocenters. The van der Waals surface area contributed by atoms with Crippen LogP contribution in [0.2, 0.25) is 10.0 Å². The molecule has 1 aliphatic rings. The predicted molar refractivity (Wildman–Crippen MR) is 105 cm³/mol. The number of carbonyl (C=O) groups is 2. The molecule has 1 aromatic rings. The van der Waals surface area contributed by atoms with Crippen LogP contribution in [0.5, 0.6) is 0 Å². The van der Waals surface area contributed by atoms with Crippen molar-refractivity contribution in [2.75, 3.05) is 18.6 Å². The molecule has 2 rings (SSSR count). The van der Waals surface area contributed by atoms with Crippen LogP contribution >= 0.6 is 35.0 Å². The van der Waals surface area contributed by atoms with Crippen LogP contribution in [0, 0.1) is 0 Å². The number of nitrogens with one attached hydrogen (secondary N) is 1. The highest BCUT2D eigenvalue weighted by Gasteiger charge is 2.38. The van der Waals surface area contributed by atoms with Crippen LogP contribution in [0.15, 0.2) is 40.7 Å². The lowest BCUT2D eigenvalue weighted by Crippen LogP contribution is -2.32. The maximum absolute atomic E-state index is 12.7. The molecule has 0 fully saturated rings. The quantitative estimate of drug-likeness (QED) is 0.534. The summed E-state index contributed by atoms with van der Waals surface area (Å²) in [4.78, 5) is 24.6. The summed E-state index contributed by atoms with van der Waals surface area (Å²) in [6.45, 7) is 3.59. The standard InChI is InChI=1S/C18H19Cl2NO4S/c1-9-13(17(22)23)15(11-5-4-6-12(19)16(11)20)14(10(2)21-9)18(24)25-7-8-26-3/h4-6,15,21H,7-8H2,1-3H3,(H,22,23). The van der Waals surface area contributed by atoms with E-state index in [2.05, 4.69) is 5.32 Å². The third kappa shape index (κ3) is 4.19. The minimum absolute atomic E-state index is 0.0385. The molecule has 1 aromatic carbocycles. The summed E-state index contributed by atoms with van der Waals surface area (Å²) in [5.74, 6) is -1.94. The largest absolute Gasteiger partial charge is 0.478 e. The van der Waals surface area contributed by atoms with Crippen LogP contribution in [0.1, 0.15) is 25.3 Å². The molecule has 5 nitrogen and oxygen atoms in total. The van der Waals surface area contributed by atoms with Gasteiger partial charge in [0, 0.05) is 17.1 Å². The number of esters is 1. The number of dihydropyridines is 1. The van der Waals surface area contributed by atoms with E-state index in [1.165, 1.54) is 0 Å². The Morgan fingerprint density at radius 2 is 1.88 bits per heavy atom. The van der Waals surface area contributed by atoms with Crippen molar-refractivity contribution in [3.05, 3.63) is 56.3 Å². The number of carboxylic acid groups (broad SMARTS) is 1. The number of halogens is 2. The number of hydrogen-bond acceptors (Lipinski definition) is 5. The third-order valence-corrected chi connectivity index (χ3v) is 5.43. The van der Waals surface area contributed by atoms with E-state index in [0.29, 0.717) is 22.7 Å². The molecule has 26 heavy (non-hydrogen) atoms. The van der Waals surface area contributed by atoms with Crippen molar-refractivity contribution < 1.29 is 19.4 Å². The number of thioether (sulfide) groups is 1. The van der Waals surface area contributed by atoms with Crippen molar-refractivity contribution in [3.63, 3.8) is 0 Å². The van der Waals surface area contributed by atoms with Gasteiger partial charge in [0.25, 0.3) is 0 Å². The first-order valence-corrected chi connectivity index (χ1v) is 9.96. The predicted octanol–water partition coefficient (Wildman–Crippen LogP) is 4.22. The molecule has 8 heteroatoms. The number of ether oxygens (including phenoxy) is 1. The molecule has 0 radical (unpaired) electrons. The highest BCUT2D eigenvalue weighted by atomic mass is 35.5. The molecule has 0 aliphatic carbocycles. The zero-order valence-corrected chi connectivity index (χ0v) is 16.9. The second kappa shape index (κ2) is 8.84. The highest BCUT2D eigenvalue weighted by molar-refractivity contribution is 7.98. The minimum atomic E-state index is -1.14. The Hall–Kier alpha value is -1.63. The molecular weight excluding hydrogens is 397 g/mol. The average molecular weight is 416 g/mol. The normalized spacial score (nSPS) is 17.2. The smallest absolute Gasteiger partial charge is 0.336 e. The van der Waals surface area contributed by atoms with E-state index in [1.807, 2.05) is 6.26 Å². The van der Waals surface area contributed by atoms with E-state index >= 15 is 0 Å². The van der Waals surface area contributed by atoms with Crippen molar-refractivity contribution in [1.82, 2.24) is 5.32 Å². The monoisotopic (exact) mass is 415 g/mol. The summed E-state index contributed by atoms with van der Waals surface area (Å²) in [6, 6.07) is 4.95. The van der Waals surface area contributed by atoms with Gasteiger partial charge >= 0.3 is 11.9 Å². The number of allylic oxidation sites excluding steroid dienone is 2. The maximum Gasteiger partial charge on any atom is 0.336 e. The number of benzene rings is 1. The SMILES string of the molecule is CSCCOC(=O)C1=C(C)NC(C)=C(C(=O)O)C1c1cccc(Cl)c1Cl. The van der Waals surface area contributed by atoms with E-state index in [1.54, 1.807) is 43.8 Å². The van der Waals surface area contributed by atoms with Gasteiger partial charge in [0.2, 0.25) is 0 Å². The second-order valence-corrected chi connectivity index (χ2v) is 7.48. The van der Waals surface area contributed by atoms with Crippen LogP contribution in [-0.4, -0.2) is 35.7 Å². The molecule has 1 unspecified atom stereocenters. The maximum atomic E-state index is 12.7. The zero-order valence-electron chi connectivity index (χ0n) is 14.6. The lowest BCUT2D eigenvalue weighted by atomic mass is 9.80. The Labute approximate surface area is 166 Å². The van der Waals surface area contributed by atoms with E-state index in [0.717, 1.165) is 0 Å². The Kier molecular flexibility index (Phi) is 7.03. The average Bonchev–Trinajstić information content (AvgIpc) is 2.56. The van der Waals surface area contributed by atoms with Gasteiger partial charge in [-0.15, -0.1) is 0 Å². The first-order valence-electron chi connectivity index (χ1n) is 7.81. The molecular formula is C18H19Cl2NO4S. The fraction of sp³-hybridized carbons (Fsp3) is 0.333. The van der Waals surface area contributed by atoms with Gasteiger partial charge in [-0.05, 0) is 31.7 Å². The first kappa shape index (κ1) is 20.7. The molecule has 0 bridgehead atoms. The molecule has 1 heterocycles. The molecule has 140 valence electrons. The molecule has 2 N–H and O–H groups in total. The Balaban J connectivity index is 2.60. The van der Waals surface area contributed by atoms with Crippen LogP contribution < -0.4 is 5.32 Å². The van der Waals surface area contributed by atoms with Gasteiger partial charge in [-0.2, -0.15) is 11.8 Å². The Morgan fingerprint density at radius 3 is 2.50 bits per heavy atom. The van der Waals surface area contributed by atoms with Crippen molar-refractivity contribution in [2.24, 2.45) is 0 Å². The number of aliphatic carboxylic acids is 1. The van der Waals surface area contributed by atoms with Crippen molar-refractivity contribution in [1.29, 1.82) is 0 Å². The summed E-state index contributed by atoms with van der Waals surface area (Å²) in [7, 11) is 0. The molecule has 1 aliphatic heterocycles. The Morgan fingerprint density at radius 1 is 1.23 bits per heavy atom. The van der Waals surface area contributed by atoms with Gasteiger partial charge in [-0.3, -0.25) is 0 Å². The highest BCUT2D eigenvalue weighted by Crippen LogP contribution is 2.43. The summed E-state index contributed by atoms with van der Waals surface area (Å²) in [6.07, 6.45) is 1.91. The van der Waals surface area contributed by atoms with Crippen molar-refractivity contribution in [3.8, 4) is 0 Å². The van der Waals surface area contributed by atoms with Gasteiger partial charge in [-0.1, -0.05) is 35.3 Å². The molecule has 0 aromatic heterocycles. The lowest BCUT2D eigenvalue weighted by molar-refractivity contribution is -0.138. The van der Waals surface area contributed by atoms with Gasteiger partial charge in [0.05, 0.1) is 27.1 Å². The lowest BCUT2D eigenvalue weighted by Gasteiger charge is -2.30. The van der Waals surface area contributed by atoms with Gasteiger partial charge in [0.1, 0.15) is 6.61 Å². The zero-order chi connectivity index (χ0) is 19.4. The molecule has 0 saturated carbocycles. The Bertz CT molecular complexity index is 804. The summed E-state index contributed by atoms with van der Waals surface area (Å²) in [5, 5.41) is 13.2. The fourth-order valence-corrected chi connectivity index (χ4v) is 3.56. The minimum Gasteiger partial charge on any atom is -0.478 e. The summed E-state index contributed by atoms with van der Waals surface area (Å²) in [5.41, 5.74) is 1.68.